The monoisotopic (exact) mass is 328 g/mol. The number of aryl methyl sites for hydroxylation is 1. The SMILES string of the molecule is C=CC(=O)N1CCC(C(=O)Nc2c(OC)ccc3c2CCC3)CC1. The number of carbonyl (C=O) groups excluding carboxylic acids is 2. The fourth-order valence-corrected chi connectivity index (χ4v) is 3.67. The number of anilines is 1. The lowest BCUT2D eigenvalue weighted by molar-refractivity contribution is -0.130. The fraction of sp³-hybridized carbons (Fsp3) is 0.474. The van der Waals surface area contributed by atoms with E-state index in [1.165, 1.54) is 17.2 Å². The van der Waals surface area contributed by atoms with E-state index in [-0.39, 0.29) is 17.7 Å². The first-order valence-electron chi connectivity index (χ1n) is 8.55. The number of amides is 2. The molecule has 128 valence electrons. The number of nitrogens with zero attached hydrogens (tertiary/aromatic N) is 1. The van der Waals surface area contributed by atoms with Gasteiger partial charge in [0.1, 0.15) is 5.75 Å². The number of ether oxygens (including phenoxy) is 1. The van der Waals surface area contributed by atoms with Crippen LogP contribution in [0.3, 0.4) is 0 Å². The average Bonchev–Trinajstić information content (AvgIpc) is 3.10. The summed E-state index contributed by atoms with van der Waals surface area (Å²) in [5.74, 6) is 0.625. The molecule has 0 saturated carbocycles. The molecule has 2 aliphatic rings. The number of likely N-dealkylation sites (tertiary alicyclic amines) is 1. The Morgan fingerprint density at radius 1 is 1.29 bits per heavy atom. The van der Waals surface area contributed by atoms with Crippen molar-refractivity contribution in [2.45, 2.75) is 32.1 Å². The van der Waals surface area contributed by atoms with Crippen molar-refractivity contribution in [1.29, 1.82) is 0 Å². The standard InChI is InChI=1S/C19H24N2O3/c1-3-17(22)21-11-9-14(10-12-21)19(23)20-18-15-6-4-5-13(15)7-8-16(18)24-2/h3,7-8,14H,1,4-6,9-12H2,2H3,(H,20,23). The highest BCUT2D eigenvalue weighted by atomic mass is 16.5. The van der Waals surface area contributed by atoms with E-state index in [2.05, 4.69) is 18.0 Å². The summed E-state index contributed by atoms with van der Waals surface area (Å²) in [6.07, 6.45) is 5.86. The predicted molar refractivity (Wildman–Crippen MR) is 93.1 cm³/mol. The molecule has 2 amide bonds. The summed E-state index contributed by atoms with van der Waals surface area (Å²) < 4.78 is 5.44. The van der Waals surface area contributed by atoms with Gasteiger partial charge in [-0.25, -0.2) is 0 Å². The Hall–Kier alpha value is -2.30. The van der Waals surface area contributed by atoms with Crippen molar-refractivity contribution in [3.05, 3.63) is 35.9 Å². The van der Waals surface area contributed by atoms with Crippen LogP contribution in [-0.4, -0.2) is 36.9 Å². The van der Waals surface area contributed by atoms with E-state index in [0.29, 0.717) is 25.9 Å². The largest absolute Gasteiger partial charge is 0.495 e. The van der Waals surface area contributed by atoms with Crippen LogP contribution < -0.4 is 10.1 Å². The second-order valence-electron chi connectivity index (χ2n) is 6.43. The molecular formula is C19H24N2O3. The molecule has 0 unspecified atom stereocenters. The van der Waals surface area contributed by atoms with Crippen molar-refractivity contribution in [2.24, 2.45) is 5.92 Å². The van der Waals surface area contributed by atoms with Crippen molar-refractivity contribution >= 4 is 17.5 Å². The van der Waals surface area contributed by atoms with Crippen LogP contribution in [0.15, 0.2) is 24.8 Å². The Labute approximate surface area is 142 Å². The molecule has 0 atom stereocenters. The van der Waals surface area contributed by atoms with Gasteiger partial charge < -0.3 is 15.0 Å². The van der Waals surface area contributed by atoms with Gasteiger partial charge in [-0.3, -0.25) is 9.59 Å². The lowest BCUT2D eigenvalue weighted by Crippen LogP contribution is -2.40. The number of fused-ring (bicyclic) bond motifs is 1. The zero-order chi connectivity index (χ0) is 17.1. The molecule has 3 rings (SSSR count). The number of methoxy groups -OCH3 is 1. The number of nitrogens with one attached hydrogen (secondary N) is 1. The molecule has 1 fully saturated rings. The molecule has 0 bridgehead atoms. The van der Waals surface area contributed by atoms with Crippen LogP contribution in [0.1, 0.15) is 30.4 Å². The van der Waals surface area contributed by atoms with E-state index in [4.69, 9.17) is 4.74 Å². The number of hydrogen-bond donors (Lipinski definition) is 1. The normalized spacial score (nSPS) is 17.3. The van der Waals surface area contributed by atoms with Gasteiger partial charge in [-0.15, -0.1) is 0 Å². The van der Waals surface area contributed by atoms with Crippen LogP contribution in [0.25, 0.3) is 0 Å². The molecule has 5 nitrogen and oxygen atoms in total. The van der Waals surface area contributed by atoms with Crippen LogP contribution in [0.5, 0.6) is 5.75 Å². The van der Waals surface area contributed by atoms with Gasteiger partial charge in [-0.1, -0.05) is 12.6 Å². The zero-order valence-electron chi connectivity index (χ0n) is 14.1. The predicted octanol–water partition coefficient (Wildman–Crippen LogP) is 2.55. The van der Waals surface area contributed by atoms with Crippen molar-refractivity contribution in [3.8, 4) is 5.75 Å². The molecule has 0 aromatic heterocycles. The summed E-state index contributed by atoms with van der Waals surface area (Å²) in [4.78, 5) is 26.1. The maximum absolute atomic E-state index is 12.7. The Morgan fingerprint density at radius 2 is 2.04 bits per heavy atom. The maximum Gasteiger partial charge on any atom is 0.245 e. The highest BCUT2D eigenvalue weighted by Gasteiger charge is 2.28. The molecule has 1 saturated heterocycles. The van der Waals surface area contributed by atoms with Gasteiger partial charge in [0.25, 0.3) is 0 Å². The van der Waals surface area contributed by atoms with Crippen molar-refractivity contribution < 1.29 is 14.3 Å². The van der Waals surface area contributed by atoms with E-state index < -0.39 is 0 Å². The minimum Gasteiger partial charge on any atom is -0.495 e. The van der Waals surface area contributed by atoms with Gasteiger partial charge in [0.2, 0.25) is 11.8 Å². The Balaban J connectivity index is 1.69. The summed E-state index contributed by atoms with van der Waals surface area (Å²) in [5.41, 5.74) is 3.35. The number of rotatable bonds is 4. The minimum atomic E-state index is -0.0687. The topological polar surface area (TPSA) is 58.6 Å². The molecule has 1 aliphatic heterocycles. The highest BCUT2D eigenvalue weighted by Crippen LogP contribution is 2.37. The molecule has 1 aromatic rings. The smallest absolute Gasteiger partial charge is 0.245 e. The quantitative estimate of drug-likeness (QED) is 0.864. The number of benzene rings is 1. The molecule has 0 radical (unpaired) electrons. The number of piperidine rings is 1. The van der Waals surface area contributed by atoms with Crippen LogP contribution in [0.2, 0.25) is 0 Å². The molecule has 1 aliphatic carbocycles. The molecular weight excluding hydrogens is 304 g/mol. The van der Waals surface area contributed by atoms with E-state index in [1.807, 2.05) is 6.07 Å². The van der Waals surface area contributed by atoms with Gasteiger partial charge in [-0.2, -0.15) is 0 Å². The van der Waals surface area contributed by atoms with E-state index in [0.717, 1.165) is 30.7 Å². The third-order valence-corrected chi connectivity index (χ3v) is 5.06. The summed E-state index contributed by atoms with van der Waals surface area (Å²) in [6.45, 7) is 4.72. The Morgan fingerprint density at radius 3 is 2.71 bits per heavy atom. The van der Waals surface area contributed by atoms with E-state index in [9.17, 15) is 9.59 Å². The fourth-order valence-electron chi connectivity index (χ4n) is 3.67. The summed E-state index contributed by atoms with van der Waals surface area (Å²) in [6, 6.07) is 4.03. The summed E-state index contributed by atoms with van der Waals surface area (Å²) >= 11 is 0. The molecule has 1 aromatic carbocycles. The molecule has 1 N–H and O–H groups in total. The van der Waals surface area contributed by atoms with Crippen molar-refractivity contribution in [3.63, 3.8) is 0 Å². The molecule has 1 heterocycles. The maximum atomic E-state index is 12.7. The first kappa shape index (κ1) is 16.6. The van der Waals surface area contributed by atoms with Crippen LogP contribution in [-0.2, 0) is 22.4 Å². The van der Waals surface area contributed by atoms with Gasteiger partial charge in [0.05, 0.1) is 12.8 Å². The second-order valence-corrected chi connectivity index (χ2v) is 6.43. The minimum absolute atomic E-state index is 0.0271. The van der Waals surface area contributed by atoms with E-state index >= 15 is 0 Å². The second kappa shape index (κ2) is 7.07. The first-order valence-corrected chi connectivity index (χ1v) is 8.55. The Bertz CT molecular complexity index is 661. The first-order chi connectivity index (χ1) is 11.6. The van der Waals surface area contributed by atoms with Gasteiger partial charge in [0, 0.05) is 19.0 Å². The van der Waals surface area contributed by atoms with Crippen LogP contribution in [0, 0.1) is 5.92 Å². The lowest BCUT2D eigenvalue weighted by atomic mass is 9.95. The number of hydrogen-bond acceptors (Lipinski definition) is 3. The average molecular weight is 328 g/mol. The van der Waals surface area contributed by atoms with Gasteiger partial charge >= 0.3 is 0 Å². The third-order valence-electron chi connectivity index (χ3n) is 5.06. The molecule has 5 heteroatoms. The van der Waals surface area contributed by atoms with E-state index in [1.54, 1.807) is 12.0 Å². The van der Waals surface area contributed by atoms with Crippen LogP contribution in [0.4, 0.5) is 5.69 Å². The van der Waals surface area contributed by atoms with Crippen LogP contribution >= 0.6 is 0 Å². The van der Waals surface area contributed by atoms with Gasteiger partial charge in [-0.05, 0) is 55.4 Å². The molecule has 0 spiro atoms. The summed E-state index contributed by atoms with van der Waals surface area (Å²) in [7, 11) is 1.63. The zero-order valence-corrected chi connectivity index (χ0v) is 14.1. The van der Waals surface area contributed by atoms with Crippen molar-refractivity contribution in [1.82, 2.24) is 4.90 Å². The van der Waals surface area contributed by atoms with Gasteiger partial charge in [0.15, 0.2) is 0 Å². The lowest BCUT2D eigenvalue weighted by Gasteiger charge is -2.30. The summed E-state index contributed by atoms with van der Waals surface area (Å²) in [5, 5.41) is 3.10. The third kappa shape index (κ3) is 3.16. The number of carbonyl (C=O) groups is 2. The van der Waals surface area contributed by atoms with Crippen molar-refractivity contribution in [2.75, 3.05) is 25.5 Å². The molecule has 24 heavy (non-hydrogen) atoms. The Kier molecular flexibility index (Phi) is 4.88. The highest BCUT2D eigenvalue weighted by molar-refractivity contribution is 5.95.